The maximum Gasteiger partial charge on any atom is 0.254 e. The molecule has 2 aliphatic heterocycles. The van der Waals surface area contributed by atoms with Gasteiger partial charge in [0.25, 0.3) is 5.91 Å². The number of nitrogens with zero attached hydrogens (tertiary/aromatic N) is 5. The number of rotatable bonds is 4. The molecule has 30 heavy (non-hydrogen) atoms. The number of benzene rings is 1. The molecule has 0 radical (unpaired) electrons. The van der Waals surface area contributed by atoms with Gasteiger partial charge in [-0.15, -0.1) is 0 Å². The third kappa shape index (κ3) is 3.73. The number of ether oxygens (including phenoxy) is 1. The number of piperidine rings is 1. The first-order valence-electron chi connectivity index (χ1n) is 10.8. The molecule has 2 aliphatic rings. The van der Waals surface area contributed by atoms with E-state index < -0.39 is 0 Å². The Morgan fingerprint density at radius 2 is 2.10 bits per heavy atom. The largest absolute Gasteiger partial charge is 0.373 e. The molecule has 2 saturated heterocycles. The Bertz CT molecular complexity index is 1020. The van der Waals surface area contributed by atoms with Gasteiger partial charge in [0, 0.05) is 37.5 Å². The average molecular weight is 409 g/mol. The number of hydrogen-bond donors (Lipinski definition) is 1. The number of carbonyl (C=O) groups excluding carboxylic acids is 1. The van der Waals surface area contributed by atoms with E-state index in [2.05, 4.69) is 20.0 Å². The van der Waals surface area contributed by atoms with E-state index in [4.69, 9.17) is 4.74 Å². The fourth-order valence-electron chi connectivity index (χ4n) is 4.73. The van der Waals surface area contributed by atoms with Gasteiger partial charge >= 0.3 is 0 Å². The Morgan fingerprint density at radius 1 is 1.23 bits per heavy atom. The molecule has 1 aromatic carbocycles. The fraction of sp³-hybridized carbons (Fsp3) is 0.500. The van der Waals surface area contributed by atoms with E-state index in [0.29, 0.717) is 18.7 Å². The maximum absolute atomic E-state index is 13.6. The Morgan fingerprint density at radius 3 is 2.90 bits per heavy atom. The zero-order valence-electron chi connectivity index (χ0n) is 17.3. The van der Waals surface area contributed by atoms with Crippen molar-refractivity contribution >= 4 is 16.9 Å². The number of hydrogen-bond acceptors (Lipinski definition) is 5. The van der Waals surface area contributed by atoms with Crippen molar-refractivity contribution in [3.05, 3.63) is 48.0 Å². The number of imidazole rings is 1. The zero-order valence-corrected chi connectivity index (χ0v) is 17.3. The molecule has 2 fully saturated rings. The third-order valence-electron chi connectivity index (χ3n) is 6.23. The Hall–Kier alpha value is -2.71. The summed E-state index contributed by atoms with van der Waals surface area (Å²) in [4.78, 5) is 25.4. The van der Waals surface area contributed by atoms with Crippen molar-refractivity contribution in [2.75, 3.05) is 32.8 Å². The van der Waals surface area contributed by atoms with E-state index in [1.807, 2.05) is 42.5 Å². The topological polar surface area (TPSA) is 79.3 Å². The Kier molecular flexibility index (Phi) is 5.26. The van der Waals surface area contributed by atoms with Gasteiger partial charge < -0.3 is 19.5 Å². The Balaban J connectivity index is 1.45. The van der Waals surface area contributed by atoms with Gasteiger partial charge in [0.1, 0.15) is 0 Å². The highest BCUT2D eigenvalue weighted by Crippen LogP contribution is 2.32. The first-order chi connectivity index (χ1) is 14.7. The summed E-state index contributed by atoms with van der Waals surface area (Å²) < 4.78 is 8.04. The van der Waals surface area contributed by atoms with Crippen molar-refractivity contribution in [1.29, 1.82) is 0 Å². The van der Waals surface area contributed by atoms with Gasteiger partial charge in [-0.1, -0.05) is 6.42 Å². The molecule has 8 heteroatoms. The number of likely N-dealkylation sites (tertiary alicyclic amines) is 1. The predicted octanol–water partition coefficient (Wildman–Crippen LogP) is 2.36. The van der Waals surface area contributed by atoms with E-state index in [0.717, 1.165) is 36.2 Å². The molecule has 0 bridgehead atoms. The van der Waals surface area contributed by atoms with Gasteiger partial charge in [0.05, 0.1) is 42.3 Å². The molecule has 1 amide bonds. The predicted molar refractivity (Wildman–Crippen MR) is 113 cm³/mol. The molecule has 158 valence electrons. The number of morpholine rings is 1. The standard InChI is InChI=1S/C22H28N6O2/c1-26-13-17(12-25-26)21-20(14-27-7-3-2-4-8-27)30-10-9-28(21)22(29)16-5-6-18-19(11-16)24-15-23-18/h5-6,11-13,15,20-21H,2-4,7-10,14H2,1H3,(H,23,24)/t20-,21-/m0/s1. The molecule has 2 atom stereocenters. The van der Waals surface area contributed by atoms with Crippen LogP contribution < -0.4 is 0 Å². The summed E-state index contributed by atoms with van der Waals surface area (Å²) >= 11 is 0. The molecule has 3 aromatic rings. The lowest BCUT2D eigenvalue weighted by molar-refractivity contribution is -0.0741. The summed E-state index contributed by atoms with van der Waals surface area (Å²) in [5.74, 6) is 0.0206. The summed E-state index contributed by atoms with van der Waals surface area (Å²) in [5.41, 5.74) is 3.42. The lowest BCUT2D eigenvalue weighted by Gasteiger charge is -2.43. The minimum Gasteiger partial charge on any atom is -0.373 e. The van der Waals surface area contributed by atoms with Gasteiger partial charge in [-0.3, -0.25) is 9.48 Å². The summed E-state index contributed by atoms with van der Waals surface area (Å²) in [6.45, 7) is 4.15. The van der Waals surface area contributed by atoms with E-state index >= 15 is 0 Å². The van der Waals surface area contributed by atoms with Crippen LogP contribution in [-0.4, -0.2) is 74.3 Å². The highest BCUT2D eigenvalue weighted by atomic mass is 16.5. The van der Waals surface area contributed by atoms with E-state index in [1.165, 1.54) is 19.3 Å². The highest BCUT2D eigenvalue weighted by Gasteiger charge is 2.38. The molecule has 2 aromatic heterocycles. The molecular formula is C22H28N6O2. The lowest BCUT2D eigenvalue weighted by atomic mass is 9.98. The average Bonchev–Trinajstić information content (AvgIpc) is 3.42. The van der Waals surface area contributed by atoms with Crippen LogP contribution in [0.3, 0.4) is 0 Å². The van der Waals surface area contributed by atoms with Crippen LogP contribution in [0.1, 0.15) is 41.2 Å². The minimum atomic E-state index is -0.153. The van der Waals surface area contributed by atoms with Crippen LogP contribution in [-0.2, 0) is 11.8 Å². The lowest BCUT2D eigenvalue weighted by Crippen LogP contribution is -2.52. The van der Waals surface area contributed by atoms with Crippen LogP contribution in [0, 0.1) is 0 Å². The highest BCUT2D eigenvalue weighted by molar-refractivity contribution is 5.97. The number of aryl methyl sites for hydroxylation is 1. The van der Waals surface area contributed by atoms with Crippen LogP contribution >= 0.6 is 0 Å². The molecule has 1 N–H and O–H groups in total. The van der Waals surface area contributed by atoms with Gasteiger partial charge in [-0.2, -0.15) is 5.10 Å². The number of nitrogens with one attached hydrogen (secondary N) is 1. The third-order valence-corrected chi connectivity index (χ3v) is 6.23. The van der Waals surface area contributed by atoms with Crippen LogP contribution in [0.15, 0.2) is 36.9 Å². The summed E-state index contributed by atoms with van der Waals surface area (Å²) in [6.07, 6.45) is 9.21. The summed E-state index contributed by atoms with van der Waals surface area (Å²) in [5, 5.41) is 4.37. The van der Waals surface area contributed by atoms with Gasteiger partial charge in [0.15, 0.2) is 0 Å². The van der Waals surface area contributed by atoms with Crippen molar-refractivity contribution < 1.29 is 9.53 Å². The number of fused-ring (bicyclic) bond motifs is 1. The van der Waals surface area contributed by atoms with Crippen LogP contribution in [0.25, 0.3) is 11.0 Å². The minimum absolute atomic E-state index is 0.0206. The molecule has 0 spiro atoms. The fourth-order valence-corrected chi connectivity index (χ4v) is 4.73. The molecule has 4 heterocycles. The second-order valence-electron chi connectivity index (χ2n) is 8.30. The summed E-state index contributed by atoms with van der Waals surface area (Å²) in [6, 6.07) is 5.49. The van der Waals surface area contributed by atoms with Crippen molar-refractivity contribution in [1.82, 2.24) is 29.5 Å². The molecule has 0 saturated carbocycles. The molecule has 0 aliphatic carbocycles. The van der Waals surface area contributed by atoms with Gasteiger partial charge in [-0.05, 0) is 44.1 Å². The van der Waals surface area contributed by atoms with Crippen LogP contribution in [0.4, 0.5) is 0 Å². The molecule has 5 rings (SSSR count). The van der Waals surface area contributed by atoms with E-state index in [1.54, 1.807) is 11.0 Å². The monoisotopic (exact) mass is 408 g/mol. The number of carbonyl (C=O) groups is 1. The Labute approximate surface area is 175 Å². The quantitative estimate of drug-likeness (QED) is 0.717. The van der Waals surface area contributed by atoms with Crippen LogP contribution in [0.5, 0.6) is 0 Å². The zero-order chi connectivity index (χ0) is 20.5. The summed E-state index contributed by atoms with van der Waals surface area (Å²) in [7, 11) is 1.91. The van der Waals surface area contributed by atoms with Crippen molar-refractivity contribution in [3.8, 4) is 0 Å². The van der Waals surface area contributed by atoms with Crippen molar-refractivity contribution in [2.45, 2.75) is 31.4 Å². The molecule has 8 nitrogen and oxygen atoms in total. The molecular weight excluding hydrogens is 380 g/mol. The first kappa shape index (κ1) is 19.3. The maximum atomic E-state index is 13.6. The van der Waals surface area contributed by atoms with Crippen LogP contribution in [0.2, 0.25) is 0 Å². The van der Waals surface area contributed by atoms with E-state index in [9.17, 15) is 4.79 Å². The molecule has 0 unspecified atom stereocenters. The second kappa shape index (κ2) is 8.20. The van der Waals surface area contributed by atoms with E-state index in [-0.39, 0.29) is 18.1 Å². The second-order valence-corrected chi connectivity index (χ2v) is 8.30. The SMILES string of the molecule is Cn1cc([C@H]2[C@H](CN3CCCCC3)OCCN2C(=O)c2ccc3nc[nH]c3c2)cn1. The number of aromatic nitrogens is 4. The van der Waals surface area contributed by atoms with Crippen molar-refractivity contribution in [3.63, 3.8) is 0 Å². The smallest absolute Gasteiger partial charge is 0.254 e. The normalized spacial score (nSPS) is 23.2. The first-order valence-corrected chi connectivity index (χ1v) is 10.8. The number of aromatic amines is 1. The van der Waals surface area contributed by atoms with Crippen molar-refractivity contribution in [2.24, 2.45) is 7.05 Å². The van der Waals surface area contributed by atoms with Gasteiger partial charge in [-0.25, -0.2) is 4.98 Å². The van der Waals surface area contributed by atoms with Gasteiger partial charge in [0.2, 0.25) is 0 Å². The number of amides is 1. The number of H-pyrrole nitrogens is 1.